The summed E-state index contributed by atoms with van der Waals surface area (Å²) in [6, 6.07) is 18.8. The number of esters is 2. The molecule has 0 N–H and O–H groups in total. The van der Waals surface area contributed by atoms with Crippen LogP contribution in [0.2, 0.25) is 0 Å². The van der Waals surface area contributed by atoms with E-state index in [1.807, 2.05) is 60.7 Å². The van der Waals surface area contributed by atoms with Crippen molar-refractivity contribution in [3.8, 4) is 0 Å². The van der Waals surface area contributed by atoms with E-state index < -0.39 is 11.9 Å². The lowest BCUT2D eigenvalue weighted by Gasteiger charge is -2.07. The molecular weight excluding hydrogens is 304 g/mol. The molecule has 1 fully saturated rings. The van der Waals surface area contributed by atoms with E-state index in [4.69, 9.17) is 9.47 Å². The molecule has 2 aliphatic heterocycles. The van der Waals surface area contributed by atoms with E-state index in [1.165, 1.54) is 0 Å². The van der Waals surface area contributed by atoms with Gasteiger partial charge in [-0.15, -0.1) is 0 Å². The Bertz CT molecular complexity index is 863. The summed E-state index contributed by atoms with van der Waals surface area (Å²) in [4.78, 5) is 24.4. The molecule has 1 saturated heterocycles. The highest BCUT2D eigenvalue weighted by Crippen LogP contribution is 2.37. The van der Waals surface area contributed by atoms with Crippen molar-refractivity contribution in [2.24, 2.45) is 0 Å². The first kappa shape index (κ1) is 14.5. The normalized spacial score (nSPS) is 23.0. The van der Waals surface area contributed by atoms with Crippen LogP contribution in [0.15, 0.2) is 77.9 Å². The van der Waals surface area contributed by atoms with Crippen molar-refractivity contribution in [2.75, 3.05) is 0 Å². The molecule has 0 bridgehead atoms. The molecule has 1 atom stereocenters. The van der Waals surface area contributed by atoms with Crippen LogP contribution in [0.1, 0.15) is 23.7 Å². The molecule has 0 spiro atoms. The standard InChI is InChI=1S/C20H14O4/c21-19-15(11-17(23-19)13-7-3-1-4-8-13)16-12-18(24-20(16)22)14-9-5-2-6-10-14/h1-11,18H,12H2. The van der Waals surface area contributed by atoms with Crippen molar-refractivity contribution in [1.82, 2.24) is 0 Å². The first-order chi connectivity index (χ1) is 11.7. The molecule has 1 unspecified atom stereocenters. The molecule has 4 heteroatoms. The second kappa shape index (κ2) is 5.81. The van der Waals surface area contributed by atoms with E-state index in [0.29, 0.717) is 17.8 Å². The third-order valence-electron chi connectivity index (χ3n) is 4.14. The largest absolute Gasteiger partial charge is 0.454 e. The van der Waals surface area contributed by atoms with Crippen LogP contribution in [0, 0.1) is 0 Å². The van der Waals surface area contributed by atoms with E-state index in [1.54, 1.807) is 6.08 Å². The molecule has 0 saturated carbocycles. The zero-order valence-electron chi connectivity index (χ0n) is 12.8. The molecular formula is C20H14O4. The maximum Gasteiger partial charge on any atom is 0.344 e. The predicted octanol–water partition coefficient (Wildman–Crippen LogP) is 3.57. The van der Waals surface area contributed by atoms with Gasteiger partial charge in [0.15, 0.2) is 0 Å². The van der Waals surface area contributed by atoms with Crippen LogP contribution in [0.25, 0.3) is 5.76 Å². The van der Waals surface area contributed by atoms with Crippen LogP contribution in [0.5, 0.6) is 0 Å². The molecule has 0 radical (unpaired) electrons. The van der Waals surface area contributed by atoms with Gasteiger partial charge in [0.05, 0.1) is 11.1 Å². The summed E-state index contributed by atoms with van der Waals surface area (Å²) >= 11 is 0. The summed E-state index contributed by atoms with van der Waals surface area (Å²) in [5.74, 6) is -0.505. The van der Waals surface area contributed by atoms with Crippen LogP contribution >= 0.6 is 0 Å². The van der Waals surface area contributed by atoms with Gasteiger partial charge in [-0.05, 0) is 11.6 Å². The first-order valence-electron chi connectivity index (χ1n) is 7.71. The molecule has 24 heavy (non-hydrogen) atoms. The molecule has 0 aliphatic carbocycles. The fourth-order valence-electron chi connectivity index (χ4n) is 2.91. The molecule has 2 aromatic rings. The summed E-state index contributed by atoms with van der Waals surface area (Å²) in [6.07, 6.45) is 1.64. The Labute approximate surface area is 139 Å². The van der Waals surface area contributed by atoms with Gasteiger partial charge < -0.3 is 9.47 Å². The fraction of sp³-hybridized carbons (Fsp3) is 0.100. The highest BCUT2D eigenvalue weighted by Gasteiger charge is 2.36. The summed E-state index contributed by atoms with van der Waals surface area (Å²) in [7, 11) is 0. The van der Waals surface area contributed by atoms with Gasteiger partial charge in [-0.3, -0.25) is 0 Å². The summed E-state index contributed by atoms with van der Waals surface area (Å²) < 4.78 is 10.7. The predicted molar refractivity (Wildman–Crippen MR) is 87.4 cm³/mol. The molecule has 2 heterocycles. The SMILES string of the molecule is O=C1OC(c2ccccc2)=CC1=C1CC(c2ccccc2)OC1=O. The van der Waals surface area contributed by atoms with Gasteiger partial charge in [0, 0.05) is 12.0 Å². The highest BCUT2D eigenvalue weighted by atomic mass is 16.6. The Kier molecular flexibility index (Phi) is 3.50. The van der Waals surface area contributed by atoms with Gasteiger partial charge in [0.25, 0.3) is 0 Å². The topological polar surface area (TPSA) is 52.6 Å². The molecule has 118 valence electrons. The van der Waals surface area contributed by atoms with E-state index in [9.17, 15) is 9.59 Å². The van der Waals surface area contributed by atoms with E-state index in [0.717, 1.165) is 11.1 Å². The number of benzene rings is 2. The Morgan fingerprint density at radius 2 is 1.50 bits per heavy atom. The average Bonchev–Trinajstić information content (AvgIpc) is 3.19. The Balaban J connectivity index is 1.68. The van der Waals surface area contributed by atoms with Crippen LogP contribution < -0.4 is 0 Å². The Morgan fingerprint density at radius 3 is 2.21 bits per heavy atom. The lowest BCUT2D eigenvalue weighted by Crippen LogP contribution is -2.04. The van der Waals surface area contributed by atoms with Crippen molar-refractivity contribution in [3.63, 3.8) is 0 Å². The average molecular weight is 318 g/mol. The van der Waals surface area contributed by atoms with Gasteiger partial charge in [0.1, 0.15) is 11.9 Å². The molecule has 2 aliphatic rings. The summed E-state index contributed by atoms with van der Waals surface area (Å²) in [5.41, 5.74) is 2.38. The van der Waals surface area contributed by atoms with Crippen LogP contribution in [-0.4, -0.2) is 11.9 Å². The Morgan fingerprint density at radius 1 is 0.833 bits per heavy atom. The van der Waals surface area contributed by atoms with Crippen molar-refractivity contribution >= 4 is 17.7 Å². The van der Waals surface area contributed by atoms with Crippen molar-refractivity contribution in [3.05, 3.63) is 89.0 Å². The third kappa shape index (κ3) is 2.52. The minimum Gasteiger partial charge on any atom is -0.454 e. The number of carbonyl (C=O) groups excluding carboxylic acids is 2. The second-order valence-electron chi connectivity index (χ2n) is 5.67. The second-order valence-corrected chi connectivity index (χ2v) is 5.67. The molecule has 2 aromatic carbocycles. The number of hydrogen-bond donors (Lipinski definition) is 0. The number of ether oxygens (including phenoxy) is 2. The third-order valence-corrected chi connectivity index (χ3v) is 4.14. The lowest BCUT2D eigenvalue weighted by molar-refractivity contribution is -0.139. The van der Waals surface area contributed by atoms with E-state index in [2.05, 4.69) is 0 Å². The maximum atomic E-state index is 12.2. The van der Waals surface area contributed by atoms with Crippen molar-refractivity contribution < 1.29 is 19.1 Å². The first-order valence-corrected chi connectivity index (χ1v) is 7.71. The van der Waals surface area contributed by atoms with Gasteiger partial charge >= 0.3 is 11.9 Å². The quantitative estimate of drug-likeness (QED) is 0.627. The molecule has 4 nitrogen and oxygen atoms in total. The van der Waals surface area contributed by atoms with Gasteiger partial charge in [0.2, 0.25) is 0 Å². The number of carbonyl (C=O) groups is 2. The van der Waals surface area contributed by atoms with Gasteiger partial charge in [-0.25, -0.2) is 9.59 Å². The molecule has 4 rings (SSSR count). The van der Waals surface area contributed by atoms with Crippen molar-refractivity contribution in [2.45, 2.75) is 12.5 Å². The summed E-state index contributed by atoms with van der Waals surface area (Å²) in [6.45, 7) is 0. The van der Waals surface area contributed by atoms with Crippen LogP contribution in [0.3, 0.4) is 0 Å². The minimum absolute atomic E-state index is 0.289. The smallest absolute Gasteiger partial charge is 0.344 e. The van der Waals surface area contributed by atoms with Crippen LogP contribution in [-0.2, 0) is 19.1 Å². The molecule has 0 amide bonds. The van der Waals surface area contributed by atoms with Gasteiger partial charge in [-0.2, -0.15) is 0 Å². The highest BCUT2D eigenvalue weighted by molar-refractivity contribution is 6.08. The van der Waals surface area contributed by atoms with Gasteiger partial charge in [-0.1, -0.05) is 60.7 Å². The van der Waals surface area contributed by atoms with Crippen LogP contribution in [0.4, 0.5) is 0 Å². The fourth-order valence-corrected chi connectivity index (χ4v) is 2.91. The maximum absolute atomic E-state index is 12.2. The number of cyclic esters (lactones) is 2. The minimum atomic E-state index is -0.505. The Hall–Kier alpha value is -3.14. The number of hydrogen-bond acceptors (Lipinski definition) is 4. The number of rotatable bonds is 2. The zero-order valence-corrected chi connectivity index (χ0v) is 12.8. The summed E-state index contributed by atoms with van der Waals surface area (Å²) in [5, 5.41) is 0. The molecule has 0 aromatic heterocycles. The van der Waals surface area contributed by atoms with E-state index in [-0.39, 0.29) is 11.7 Å². The lowest BCUT2D eigenvalue weighted by atomic mass is 10.0. The van der Waals surface area contributed by atoms with Crippen molar-refractivity contribution in [1.29, 1.82) is 0 Å². The van der Waals surface area contributed by atoms with E-state index >= 15 is 0 Å². The monoisotopic (exact) mass is 318 g/mol. The zero-order chi connectivity index (χ0) is 16.5.